The molecule has 0 bridgehead atoms. The largest absolute Gasteiger partial charge is 0.341 e. The average Bonchev–Trinajstić information content (AvgIpc) is 1.82. The third-order valence-corrected chi connectivity index (χ3v) is 1.11. The lowest BCUT2D eigenvalue weighted by atomic mass is 10.2. The Morgan fingerprint density at radius 2 is 2.22 bits per heavy atom. The molecule has 0 amide bonds. The molecule has 0 saturated carbocycles. The highest BCUT2D eigenvalue weighted by Gasteiger charge is 1.99. The zero-order valence-electron chi connectivity index (χ0n) is 6.01. The van der Waals surface area contributed by atoms with Gasteiger partial charge >= 0.3 is 0 Å². The number of aliphatic imine (C=N–C) groups is 1. The van der Waals surface area contributed by atoms with Gasteiger partial charge in [-0.15, -0.1) is 0 Å². The fourth-order valence-corrected chi connectivity index (χ4v) is 0.671. The predicted octanol–water partition coefficient (Wildman–Crippen LogP) is 1.22. The van der Waals surface area contributed by atoms with Gasteiger partial charge in [0.2, 0.25) is 0 Å². The van der Waals surface area contributed by atoms with Crippen LogP contribution in [0.15, 0.2) is 4.99 Å². The molecule has 0 heterocycles. The van der Waals surface area contributed by atoms with Gasteiger partial charge < -0.3 is 5.32 Å². The summed E-state index contributed by atoms with van der Waals surface area (Å²) in [5.41, 5.74) is 1.47. The van der Waals surface area contributed by atoms with Crippen molar-refractivity contribution in [3.05, 3.63) is 0 Å². The molecule has 52 valence electrons. The summed E-state index contributed by atoms with van der Waals surface area (Å²) in [5, 5.41) is 2.87. The first-order valence-electron chi connectivity index (χ1n) is 2.89. The fraction of sp³-hybridized carbons (Fsp3) is 0.667. The van der Waals surface area contributed by atoms with Gasteiger partial charge in [-0.25, -0.2) is 0 Å². The molecule has 0 spiro atoms. The lowest BCUT2D eigenvalue weighted by molar-refractivity contribution is 0.856. The van der Waals surface area contributed by atoms with E-state index in [1.165, 1.54) is 5.49 Å². The van der Waals surface area contributed by atoms with Crippen LogP contribution >= 0.6 is 12.2 Å². The maximum absolute atomic E-state index is 4.60. The van der Waals surface area contributed by atoms with E-state index in [-0.39, 0.29) is 0 Å². The number of thiocarbonyl (C=S) groups is 1. The fourth-order valence-electron chi connectivity index (χ4n) is 0.550. The summed E-state index contributed by atoms with van der Waals surface area (Å²) in [6.07, 6.45) is 0. The molecule has 0 aliphatic carbocycles. The van der Waals surface area contributed by atoms with Gasteiger partial charge in [-0.3, -0.25) is 4.99 Å². The maximum Gasteiger partial charge on any atom is 0.103 e. The van der Waals surface area contributed by atoms with Crippen LogP contribution in [0, 0.1) is 5.92 Å². The molecule has 0 radical (unpaired) electrons. The highest BCUT2D eigenvalue weighted by Crippen LogP contribution is 1.91. The van der Waals surface area contributed by atoms with E-state index in [1.54, 1.807) is 7.05 Å². The van der Waals surface area contributed by atoms with Crippen LogP contribution in [0.3, 0.4) is 0 Å². The predicted molar refractivity (Wildman–Crippen MR) is 45.0 cm³/mol. The zero-order valence-corrected chi connectivity index (χ0v) is 6.83. The van der Waals surface area contributed by atoms with Crippen LogP contribution < -0.4 is 5.32 Å². The van der Waals surface area contributed by atoms with E-state index in [0.29, 0.717) is 5.92 Å². The highest BCUT2D eigenvalue weighted by molar-refractivity contribution is 7.78. The summed E-state index contributed by atoms with van der Waals surface area (Å²) in [7, 11) is 1.75. The topological polar surface area (TPSA) is 24.4 Å². The molecule has 3 heteroatoms. The van der Waals surface area contributed by atoms with Crippen LogP contribution in [0.2, 0.25) is 0 Å². The van der Waals surface area contributed by atoms with Gasteiger partial charge in [-0.2, -0.15) is 0 Å². The summed E-state index contributed by atoms with van der Waals surface area (Å²) in [6, 6.07) is 0. The number of nitrogens with one attached hydrogen (secondary N) is 1. The SMILES string of the molecule is CN=C(NC=S)C(C)C. The number of hydrogen-bond acceptors (Lipinski definition) is 2. The molecule has 0 aliphatic rings. The van der Waals surface area contributed by atoms with Gasteiger partial charge in [-0.05, 0) is 0 Å². The van der Waals surface area contributed by atoms with E-state index in [2.05, 4.69) is 36.4 Å². The zero-order chi connectivity index (χ0) is 7.28. The van der Waals surface area contributed by atoms with Gasteiger partial charge in [0, 0.05) is 13.0 Å². The molecule has 0 aliphatic heterocycles. The molecule has 0 aromatic carbocycles. The summed E-state index contributed by atoms with van der Waals surface area (Å²) in [4.78, 5) is 3.98. The molecule has 2 nitrogen and oxygen atoms in total. The Balaban J connectivity index is 3.84. The van der Waals surface area contributed by atoms with Crippen molar-refractivity contribution in [2.24, 2.45) is 10.9 Å². The Labute approximate surface area is 61.4 Å². The Hall–Kier alpha value is -0.440. The van der Waals surface area contributed by atoms with Crippen LogP contribution in [0.25, 0.3) is 0 Å². The van der Waals surface area contributed by atoms with Crippen LogP contribution in [0.5, 0.6) is 0 Å². The van der Waals surface area contributed by atoms with Gasteiger partial charge in [0.25, 0.3) is 0 Å². The van der Waals surface area contributed by atoms with Crippen molar-refractivity contribution >= 4 is 23.5 Å². The van der Waals surface area contributed by atoms with Crippen LogP contribution in [-0.2, 0) is 0 Å². The second-order valence-electron chi connectivity index (χ2n) is 2.03. The Bertz CT molecular complexity index is 118. The number of hydrogen-bond donors (Lipinski definition) is 1. The highest BCUT2D eigenvalue weighted by atomic mass is 32.1. The molecule has 1 N–H and O–H groups in total. The molecular formula is C6H12N2S. The standard InChI is InChI=1S/C6H12N2S/c1-5(2)6(7-3)8-4-9/h4-5H,1-3H3,(H,7,8,9). The Morgan fingerprint density at radius 1 is 1.67 bits per heavy atom. The van der Waals surface area contributed by atoms with Crippen molar-refractivity contribution < 1.29 is 0 Å². The molecule has 0 fully saturated rings. The summed E-state index contributed by atoms with van der Waals surface area (Å²) >= 11 is 4.60. The lowest BCUT2D eigenvalue weighted by Gasteiger charge is -2.06. The monoisotopic (exact) mass is 144 g/mol. The molecule has 0 aromatic heterocycles. The second kappa shape index (κ2) is 4.44. The maximum atomic E-state index is 4.60. The summed E-state index contributed by atoms with van der Waals surface area (Å²) in [5.74, 6) is 1.36. The van der Waals surface area contributed by atoms with Gasteiger partial charge in [0.1, 0.15) is 5.84 Å². The minimum absolute atomic E-state index is 0.425. The average molecular weight is 144 g/mol. The third-order valence-electron chi connectivity index (χ3n) is 0.995. The first-order valence-corrected chi connectivity index (χ1v) is 3.36. The van der Waals surface area contributed by atoms with E-state index in [9.17, 15) is 0 Å². The smallest absolute Gasteiger partial charge is 0.103 e. The van der Waals surface area contributed by atoms with Crippen molar-refractivity contribution in [3.8, 4) is 0 Å². The number of nitrogens with zero attached hydrogens (tertiary/aromatic N) is 1. The van der Waals surface area contributed by atoms with Crippen LogP contribution in [0.4, 0.5) is 0 Å². The van der Waals surface area contributed by atoms with E-state index in [1.807, 2.05) is 0 Å². The van der Waals surface area contributed by atoms with Gasteiger partial charge in [0.15, 0.2) is 0 Å². The van der Waals surface area contributed by atoms with Crippen molar-refractivity contribution in [2.75, 3.05) is 7.05 Å². The normalized spacial score (nSPS) is 11.8. The molecule has 0 saturated heterocycles. The van der Waals surface area contributed by atoms with Crippen LogP contribution in [0.1, 0.15) is 13.8 Å². The summed E-state index contributed by atoms with van der Waals surface area (Å²) in [6.45, 7) is 4.13. The molecule has 0 rings (SSSR count). The Kier molecular flexibility index (Phi) is 4.22. The molecule has 0 unspecified atom stereocenters. The second-order valence-corrected chi connectivity index (χ2v) is 2.26. The molecule has 0 aromatic rings. The van der Waals surface area contributed by atoms with Crippen molar-refractivity contribution in [3.63, 3.8) is 0 Å². The van der Waals surface area contributed by atoms with Gasteiger partial charge in [-0.1, -0.05) is 26.1 Å². The van der Waals surface area contributed by atoms with E-state index in [4.69, 9.17) is 0 Å². The minimum atomic E-state index is 0.425. The first kappa shape index (κ1) is 8.56. The van der Waals surface area contributed by atoms with Crippen molar-refractivity contribution in [1.82, 2.24) is 5.32 Å². The van der Waals surface area contributed by atoms with E-state index < -0.39 is 0 Å². The van der Waals surface area contributed by atoms with E-state index >= 15 is 0 Å². The number of amidine groups is 1. The van der Waals surface area contributed by atoms with Gasteiger partial charge in [0.05, 0.1) is 5.49 Å². The minimum Gasteiger partial charge on any atom is -0.341 e. The van der Waals surface area contributed by atoms with Crippen molar-refractivity contribution in [1.29, 1.82) is 0 Å². The Morgan fingerprint density at radius 3 is 2.33 bits per heavy atom. The number of rotatable bonds is 2. The lowest BCUT2D eigenvalue weighted by Crippen LogP contribution is -2.25. The third kappa shape index (κ3) is 3.19. The first-order chi connectivity index (χ1) is 4.22. The van der Waals surface area contributed by atoms with E-state index in [0.717, 1.165) is 5.84 Å². The quantitative estimate of drug-likeness (QED) is 0.358. The molecular weight excluding hydrogens is 132 g/mol. The van der Waals surface area contributed by atoms with Crippen LogP contribution in [-0.4, -0.2) is 18.4 Å². The molecule has 9 heavy (non-hydrogen) atoms. The van der Waals surface area contributed by atoms with Crippen molar-refractivity contribution in [2.45, 2.75) is 13.8 Å². The molecule has 0 atom stereocenters. The summed E-state index contributed by atoms with van der Waals surface area (Å²) < 4.78 is 0.